The van der Waals surface area contributed by atoms with Gasteiger partial charge in [0.25, 0.3) is 0 Å². The second-order valence-corrected chi connectivity index (χ2v) is 3.78. The average molecular weight is 252 g/mol. The van der Waals surface area contributed by atoms with Gasteiger partial charge in [0.05, 0.1) is 12.2 Å². The fourth-order valence-corrected chi connectivity index (χ4v) is 1.52. The van der Waals surface area contributed by atoms with Crippen LogP contribution >= 0.6 is 0 Å². The van der Waals surface area contributed by atoms with Crippen LogP contribution in [0.2, 0.25) is 0 Å². The lowest BCUT2D eigenvalue weighted by Crippen LogP contribution is -2.06. The third-order valence-corrected chi connectivity index (χ3v) is 2.37. The molecular weight excluding hydrogens is 236 g/mol. The first-order valence-electron chi connectivity index (χ1n) is 5.75. The largest absolute Gasteiger partial charge is 0.508 e. The van der Waals surface area contributed by atoms with Crippen molar-refractivity contribution >= 4 is 11.8 Å². The van der Waals surface area contributed by atoms with Crippen LogP contribution < -0.4 is 0 Å². The quantitative estimate of drug-likeness (QED) is 0.597. The summed E-state index contributed by atoms with van der Waals surface area (Å²) in [5, 5.41) is 18.6. The van der Waals surface area contributed by atoms with Gasteiger partial charge < -0.3 is 14.9 Å². The Balaban J connectivity index is 2.48. The molecule has 0 saturated heterocycles. The molecule has 98 valence electrons. The summed E-state index contributed by atoms with van der Waals surface area (Å²) in [4.78, 5) is 22.8. The molecule has 0 radical (unpaired) electrons. The highest BCUT2D eigenvalue weighted by atomic mass is 16.5. The van der Waals surface area contributed by atoms with Crippen LogP contribution in [0, 0.1) is 0 Å². The normalized spacial score (nSPS) is 10.1. The average Bonchev–Trinajstić information content (AvgIpc) is 2.29. The number of benzene rings is 1. The Hall–Kier alpha value is -2.04. The monoisotopic (exact) mass is 252 g/mol. The lowest BCUT2D eigenvalue weighted by Gasteiger charge is -2.04. The van der Waals surface area contributed by atoms with Crippen molar-refractivity contribution in [2.45, 2.75) is 26.2 Å². The van der Waals surface area contributed by atoms with E-state index >= 15 is 0 Å². The van der Waals surface area contributed by atoms with E-state index in [9.17, 15) is 14.7 Å². The van der Waals surface area contributed by atoms with Gasteiger partial charge in [0.1, 0.15) is 11.5 Å². The number of carbonyl (C=O) groups excluding carboxylic acids is 2. The molecule has 0 aliphatic carbocycles. The van der Waals surface area contributed by atoms with Gasteiger partial charge in [0.15, 0.2) is 5.78 Å². The van der Waals surface area contributed by atoms with E-state index < -0.39 is 0 Å². The maximum absolute atomic E-state index is 11.7. The van der Waals surface area contributed by atoms with E-state index in [-0.39, 0.29) is 41.7 Å². The van der Waals surface area contributed by atoms with E-state index in [1.807, 2.05) is 0 Å². The molecule has 0 heterocycles. The Morgan fingerprint density at radius 3 is 2.56 bits per heavy atom. The molecule has 0 saturated carbocycles. The van der Waals surface area contributed by atoms with Gasteiger partial charge in [-0.2, -0.15) is 0 Å². The lowest BCUT2D eigenvalue weighted by atomic mass is 10.0. The first kappa shape index (κ1) is 14.0. The van der Waals surface area contributed by atoms with Crippen LogP contribution in [0.25, 0.3) is 0 Å². The molecule has 0 aliphatic heterocycles. The Morgan fingerprint density at radius 2 is 1.94 bits per heavy atom. The molecule has 0 aliphatic rings. The molecule has 18 heavy (non-hydrogen) atoms. The van der Waals surface area contributed by atoms with Crippen LogP contribution in [0.5, 0.6) is 11.5 Å². The van der Waals surface area contributed by atoms with Crippen molar-refractivity contribution in [2.75, 3.05) is 6.61 Å². The number of phenolic OH excluding ortho intramolecular Hbond substituents is 2. The highest BCUT2D eigenvalue weighted by Crippen LogP contribution is 2.24. The van der Waals surface area contributed by atoms with E-state index in [1.165, 1.54) is 12.1 Å². The first-order chi connectivity index (χ1) is 8.54. The van der Waals surface area contributed by atoms with Crippen molar-refractivity contribution < 1.29 is 24.5 Å². The van der Waals surface area contributed by atoms with E-state index in [0.29, 0.717) is 13.0 Å². The standard InChI is InChI=1S/C13H16O5/c1-2-18-13(17)5-3-4-11(15)10-7-6-9(14)8-12(10)16/h6-8,14,16H,2-5H2,1H3. The van der Waals surface area contributed by atoms with Crippen molar-refractivity contribution in [3.8, 4) is 11.5 Å². The van der Waals surface area contributed by atoms with Crippen LogP contribution in [-0.4, -0.2) is 28.6 Å². The number of aromatic hydroxyl groups is 2. The van der Waals surface area contributed by atoms with E-state index in [4.69, 9.17) is 9.84 Å². The summed E-state index contributed by atoms with van der Waals surface area (Å²) in [7, 11) is 0. The first-order valence-corrected chi connectivity index (χ1v) is 5.75. The Labute approximate surface area is 105 Å². The van der Waals surface area contributed by atoms with Crippen molar-refractivity contribution in [1.29, 1.82) is 0 Å². The number of Topliss-reactive ketones (excluding diaryl/α,β-unsaturated/α-hetero) is 1. The van der Waals surface area contributed by atoms with E-state index in [0.717, 1.165) is 6.07 Å². The molecule has 0 unspecified atom stereocenters. The van der Waals surface area contributed by atoms with E-state index in [1.54, 1.807) is 6.92 Å². The highest BCUT2D eigenvalue weighted by Gasteiger charge is 2.12. The molecule has 0 aromatic heterocycles. The maximum atomic E-state index is 11.7. The summed E-state index contributed by atoms with van der Waals surface area (Å²) < 4.78 is 4.74. The van der Waals surface area contributed by atoms with Gasteiger partial charge in [-0.1, -0.05) is 0 Å². The fraction of sp³-hybridized carbons (Fsp3) is 0.385. The van der Waals surface area contributed by atoms with Crippen molar-refractivity contribution in [1.82, 2.24) is 0 Å². The van der Waals surface area contributed by atoms with Gasteiger partial charge in [0, 0.05) is 18.9 Å². The number of ketones is 1. The number of esters is 1. The summed E-state index contributed by atoms with van der Waals surface area (Å²) in [6, 6.07) is 3.80. The molecule has 2 N–H and O–H groups in total. The zero-order chi connectivity index (χ0) is 13.5. The van der Waals surface area contributed by atoms with Gasteiger partial charge in [-0.05, 0) is 25.5 Å². The van der Waals surface area contributed by atoms with Gasteiger partial charge in [-0.3, -0.25) is 9.59 Å². The third kappa shape index (κ3) is 4.08. The number of phenols is 2. The van der Waals surface area contributed by atoms with Crippen LogP contribution in [-0.2, 0) is 9.53 Å². The summed E-state index contributed by atoms with van der Waals surface area (Å²) in [6.45, 7) is 2.04. The number of hydrogen-bond donors (Lipinski definition) is 2. The molecule has 0 atom stereocenters. The summed E-state index contributed by atoms with van der Waals surface area (Å²) in [5.41, 5.74) is 0.150. The number of hydrogen-bond acceptors (Lipinski definition) is 5. The van der Waals surface area contributed by atoms with Gasteiger partial charge in [-0.15, -0.1) is 0 Å². The minimum Gasteiger partial charge on any atom is -0.508 e. The molecule has 1 aromatic rings. The summed E-state index contributed by atoms with van der Waals surface area (Å²) in [5.74, 6) is -0.955. The molecular formula is C13H16O5. The summed E-state index contributed by atoms with van der Waals surface area (Å²) in [6.07, 6.45) is 0.702. The number of carbonyl (C=O) groups is 2. The van der Waals surface area contributed by atoms with Crippen molar-refractivity contribution in [2.24, 2.45) is 0 Å². The van der Waals surface area contributed by atoms with Crippen LogP contribution in [0.15, 0.2) is 18.2 Å². The lowest BCUT2D eigenvalue weighted by molar-refractivity contribution is -0.143. The molecule has 0 amide bonds. The van der Waals surface area contributed by atoms with Gasteiger partial charge in [0.2, 0.25) is 0 Å². The fourth-order valence-electron chi connectivity index (χ4n) is 1.52. The third-order valence-electron chi connectivity index (χ3n) is 2.37. The Morgan fingerprint density at radius 1 is 1.22 bits per heavy atom. The molecule has 0 spiro atoms. The number of ether oxygens (including phenoxy) is 1. The molecule has 1 rings (SSSR count). The molecule has 5 nitrogen and oxygen atoms in total. The zero-order valence-corrected chi connectivity index (χ0v) is 10.2. The highest BCUT2D eigenvalue weighted by molar-refractivity contribution is 5.98. The van der Waals surface area contributed by atoms with Crippen molar-refractivity contribution in [3.63, 3.8) is 0 Å². The van der Waals surface area contributed by atoms with Crippen LogP contribution in [0.1, 0.15) is 36.5 Å². The number of rotatable bonds is 6. The van der Waals surface area contributed by atoms with Gasteiger partial charge >= 0.3 is 5.97 Å². The van der Waals surface area contributed by atoms with Gasteiger partial charge in [-0.25, -0.2) is 0 Å². The predicted molar refractivity (Wildman–Crippen MR) is 64.6 cm³/mol. The molecule has 1 aromatic carbocycles. The second-order valence-electron chi connectivity index (χ2n) is 3.78. The van der Waals surface area contributed by atoms with Crippen LogP contribution in [0.4, 0.5) is 0 Å². The predicted octanol–water partition coefficient (Wildman–Crippen LogP) is 2.01. The summed E-state index contributed by atoms with van der Waals surface area (Å²) >= 11 is 0. The topological polar surface area (TPSA) is 83.8 Å². The molecule has 5 heteroatoms. The zero-order valence-electron chi connectivity index (χ0n) is 10.2. The minimum atomic E-state index is -0.333. The molecule has 0 fully saturated rings. The van der Waals surface area contributed by atoms with Crippen molar-refractivity contribution in [3.05, 3.63) is 23.8 Å². The van der Waals surface area contributed by atoms with E-state index in [2.05, 4.69) is 0 Å². The SMILES string of the molecule is CCOC(=O)CCCC(=O)c1ccc(O)cc1O. The minimum absolute atomic E-state index is 0.101. The van der Waals surface area contributed by atoms with Crippen LogP contribution in [0.3, 0.4) is 0 Å². The Bertz CT molecular complexity index is 439. The molecule has 0 bridgehead atoms. The smallest absolute Gasteiger partial charge is 0.305 e. The maximum Gasteiger partial charge on any atom is 0.305 e. The Kier molecular flexibility index (Phi) is 5.17. The second kappa shape index (κ2) is 6.64.